The Bertz CT molecular complexity index is 742. The van der Waals surface area contributed by atoms with Crippen LogP contribution >= 0.6 is 23.4 Å². The molecule has 0 unspecified atom stereocenters. The van der Waals surface area contributed by atoms with Gasteiger partial charge in [0.15, 0.2) is 0 Å². The fraction of sp³-hybridized carbons (Fsp3) is 0.263. The molecule has 1 N–H and O–H groups in total. The fourth-order valence-corrected chi connectivity index (χ4v) is 3.12. The molecule has 0 spiro atoms. The van der Waals surface area contributed by atoms with Crippen LogP contribution in [-0.4, -0.2) is 17.9 Å². The minimum Gasteiger partial charge on any atom is -0.273 e. The Morgan fingerprint density at radius 1 is 1.12 bits per heavy atom. The van der Waals surface area contributed by atoms with E-state index in [-0.39, 0.29) is 5.91 Å². The predicted molar refractivity (Wildman–Crippen MR) is 103 cm³/mol. The van der Waals surface area contributed by atoms with Gasteiger partial charge in [0.2, 0.25) is 5.91 Å². The molecule has 0 saturated heterocycles. The van der Waals surface area contributed by atoms with Crippen LogP contribution in [0.4, 0.5) is 0 Å². The Morgan fingerprint density at radius 3 is 2.54 bits per heavy atom. The summed E-state index contributed by atoms with van der Waals surface area (Å²) in [7, 11) is 0. The van der Waals surface area contributed by atoms with Gasteiger partial charge in [-0.25, -0.2) is 5.43 Å². The van der Waals surface area contributed by atoms with Crippen LogP contribution < -0.4 is 5.43 Å². The van der Waals surface area contributed by atoms with E-state index in [4.69, 9.17) is 11.6 Å². The second-order valence-electron chi connectivity index (χ2n) is 5.57. The van der Waals surface area contributed by atoms with Gasteiger partial charge in [0.05, 0.1) is 6.21 Å². The van der Waals surface area contributed by atoms with Crippen LogP contribution in [0.3, 0.4) is 0 Å². The third-order valence-corrected chi connectivity index (χ3v) is 5.17. The number of amides is 1. The van der Waals surface area contributed by atoms with Crippen molar-refractivity contribution in [3.05, 3.63) is 63.7 Å². The SMILES string of the molecule is Cc1ccc(/C=N/NC(=O)CCSc2ccc(Cl)cc2)c(C)c1C. The third kappa shape index (κ3) is 5.39. The number of thioether (sulfide) groups is 1. The number of carbonyl (C=O) groups excluding carboxylic acids is 1. The van der Waals surface area contributed by atoms with E-state index in [1.165, 1.54) is 16.7 Å². The first-order valence-corrected chi connectivity index (χ1v) is 9.11. The number of halogens is 1. The summed E-state index contributed by atoms with van der Waals surface area (Å²) in [5, 5.41) is 4.77. The van der Waals surface area contributed by atoms with Gasteiger partial charge in [0, 0.05) is 22.1 Å². The topological polar surface area (TPSA) is 41.5 Å². The molecule has 5 heteroatoms. The maximum atomic E-state index is 11.8. The number of carbonyl (C=O) groups is 1. The molecule has 24 heavy (non-hydrogen) atoms. The van der Waals surface area contributed by atoms with Gasteiger partial charge in [0.25, 0.3) is 0 Å². The van der Waals surface area contributed by atoms with E-state index >= 15 is 0 Å². The Kier molecular flexibility index (Phi) is 6.88. The van der Waals surface area contributed by atoms with E-state index in [0.717, 1.165) is 10.5 Å². The minimum absolute atomic E-state index is 0.0887. The van der Waals surface area contributed by atoms with E-state index in [1.807, 2.05) is 30.3 Å². The monoisotopic (exact) mass is 360 g/mol. The summed E-state index contributed by atoms with van der Waals surface area (Å²) in [5.74, 6) is 0.611. The zero-order valence-corrected chi connectivity index (χ0v) is 15.7. The minimum atomic E-state index is -0.0887. The molecular formula is C19H21ClN2OS. The molecular weight excluding hydrogens is 340 g/mol. The summed E-state index contributed by atoms with van der Waals surface area (Å²) in [4.78, 5) is 12.9. The van der Waals surface area contributed by atoms with E-state index in [9.17, 15) is 4.79 Å². The van der Waals surface area contributed by atoms with Crippen molar-refractivity contribution < 1.29 is 4.79 Å². The standard InChI is InChI=1S/C19H21ClN2OS/c1-13-4-5-16(15(3)14(13)2)12-21-22-19(23)10-11-24-18-8-6-17(20)7-9-18/h4-9,12H,10-11H2,1-3H3,(H,22,23)/b21-12+. The largest absolute Gasteiger partial charge is 0.273 e. The average Bonchev–Trinajstić information content (AvgIpc) is 2.57. The van der Waals surface area contributed by atoms with Crippen molar-refractivity contribution in [2.45, 2.75) is 32.1 Å². The first-order valence-electron chi connectivity index (χ1n) is 7.74. The lowest BCUT2D eigenvalue weighted by Gasteiger charge is -2.07. The van der Waals surface area contributed by atoms with Crippen LogP contribution in [0.25, 0.3) is 0 Å². The Balaban J connectivity index is 1.78. The van der Waals surface area contributed by atoms with Gasteiger partial charge >= 0.3 is 0 Å². The van der Waals surface area contributed by atoms with Gasteiger partial charge in [-0.2, -0.15) is 5.10 Å². The second-order valence-corrected chi connectivity index (χ2v) is 7.17. The van der Waals surface area contributed by atoms with Crippen molar-refractivity contribution in [2.75, 3.05) is 5.75 Å². The Hall–Kier alpha value is -1.78. The molecule has 126 valence electrons. The number of hydrazone groups is 1. The van der Waals surface area contributed by atoms with Gasteiger partial charge in [-0.1, -0.05) is 23.7 Å². The molecule has 2 aromatic rings. The molecule has 0 fully saturated rings. The molecule has 3 nitrogen and oxygen atoms in total. The number of aryl methyl sites for hydroxylation is 1. The molecule has 1 amide bonds. The Labute approximate surface area is 152 Å². The van der Waals surface area contributed by atoms with Gasteiger partial charge in [0.1, 0.15) is 0 Å². The van der Waals surface area contributed by atoms with Crippen LogP contribution in [0.15, 0.2) is 46.4 Å². The summed E-state index contributed by atoms with van der Waals surface area (Å²) < 4.78 is 0. The number of rotatable bonds is 6. The normalized spacial score (nSPS) is 11.0. The molecule has 2 rings (SSSR count). The predicted octanol–water partition coefficient (Wildman–Crippen LogP) is 4.90. The third-order valence-electron chi connectivity index (χ3n) is 3.90. The first-order chi connectivity index (χ1) is 11.5. The Morgan fingerprint density at radius 2 is 1.83 bits per heavy atom. The second kappa shape index (κ2) is 8.90. The van der Waals surface area contributed by atoms with E-state index in [0.29, 0.717) is 17.2 Å². The first kappa shape index (κ1) is 18.6. The van der Waals surface area contributed by atoms with Gasteiger partial charge in [-0.15, -0.1) is 11.8 Å². The zero-order valence-electron chi connectivity index (χ0n) is 14.1. The van der Waals surface area contributed by atoms with Gasteiger partial charge in [-0.05, 0) is 67.3 Å². The molecule has 0 atom stereocenters. The van der Waals surface area contributed by atoms with Crippen molar-refractivity contribution in [1.82, 2.24) is 5.43 Å². The highest BCUT2D eigenvalue weighted by atomic mass is 35.5. The molecule has 2 aromatic carbocycles. The van der Waals surface area contributed by atoms with E-state index < -0.39 is 0 Å². The maximum Gasteiger partial charge on any atom is 0.240 e. The van der Waals surface area contributed by atoms with E-state index in [1.54, 1.807) is 18.0 Å². The van der Waals surface area contributed by atoms with Crippen molar-refractivity contribution in [1.29, 1.82) is 0 Å². The number of nitrogens with zero attached hydrogens (tertiary/aromatic N) is 1. The van der Waals surface area contributed by atoms with Crippen LogP contribution in [-0.2, 0) is 4.79 Å². The molecule has 0 aliphatic heterocycles. The number of nitrogens with one attached hydrogen (secondary N) is 1. The van der Waals surface area contributed by atoms with Crippen LogP contribution in [0.2, 0.25) is 5.02 Å². The van der Waals surface area contributed by atoms with Crippen molar-refractivity contribution >= 4 is 35.5 Å². The van der Waals surface area contributed by atoms with Crippen molar-refractivity contribution in [3.63, 3.8) is 0 Å². The lowest BCUT2D eigenvalue weighted by Crippen LogP contribution is -2.17. The quantitative estimate of drug-likeness (QED) is 0.452. The highest BCUT2D eigenvalue weighted by Gasteiger charge is 2.03. The molecule has 0 saturated carbocycles. The summed E-state index contributed by atoms with van der Waals surface area (Å²) in [6.07, 6.45) is 2.11. The maximum absolute atomic E-state index is 11.8. The average molecular weight is 361 g/mol. The lowest BCUT2D eigenvalue weighted by molar-refractivity contribution is -0.120. The number of hydrogen-bond donors (Lipinski definition) is 1. The summed E-state index contributed by atoms with van der Waals surface area (Å²) in [6, 6.07) is 11.7. The van der Waals surface area contributed by atoms with Crippen LogP contribution in [0.1, 0.15) is 28.7 Å². The summed E-state index contributed by atoms with van der Waals surface area (Å²) >= 11 is 7.47. The zero-order chi connectivity index (χ0) is 17.5. The molecule has 0 aromatic heterocycles. The van der Waals surface area contributed by atoms with Gasteiger partial charge < -0.3 is 0 Å². The van der Waals surface area contributed by atoms with Crippen LogP contribution in [0.5, 0.6) is 0 Å². The summed E-state index contributed by atoms with van der Waals surface area (Å²) in [5.41, 5.74) is 7.30. The van der Waals surface area contributed by atoms with E-state index in [2.05, 4.69) is 37.4 Å². The fourth-order valence-electron chi connectivity index (χ4n) is 2.14. The molecule has 0 aliphatic carbocycles. The number of benzene rings is 2. The number of hydrogen-bond acceptors (Lipinski definition) is 3. The molecule has 0 radical (unpaired) electrons. The van der Waals surface area contributed by atoms with Crippen molar-refractivity contribution in [3.8, 4) is 0 Å². The molecule has 0 bridgehead atoms. The van der Waals surface area contributed by atoms with Gasteiger partial charge in [-0.3, -0.25) is 4.79 Å². The van der Waals surface area contributed by atoms with Crippen molar-refractivity contribution in [2.24, 2.45) is 5.10 Å². The molecule has 0 heterocycles. The van der Waals surface area contributed by atoms with Crippen LogP contribution in [0, 0.1) is 20.8 Å². The molecule has 0 aliphatic rings. The smallest absolute Gasteiger partial charge is 0.240 e. The highest BCUT2D eigenvalue weighted by Crippen LogP contribution is 2.20. The lowest BCUT2D eigenvalue weighted by atomic mass is 10.00. The summed E-state index contributed by atoms with van der Waals surface area (Å²) in [6.45, 7) is 6.24. The highest BCUT2D eigenvalue weighted by molar-refractivity contribution is 7.99.